The lowest BCUT2D eigenvalue weighted by Crippen LogP contribution is -2.31. The molecule has 0 spiro atoms. The molecule has 0 radical (unpaired) electrons. The average Bonchev–Trinajstić information content (AvgIpc) is 3.11. The van der Waals surface area contributed by atoms with Crippen LogP contribution in [-0.4, -0.2) is 27.6 Å². The number of halogens is 1. The molecule has 2 aromatic rings. The van der Waals surface area contributed by atoms with Crippen molar-refractivity contribution in [3.63, 3.8) is 0 Å². The van der Waals surface area contributed by atoms with Crippen LogP contribution in [0.5, 0.6) is 0 Å². The van der Waals surface area contributed by atoms with E-state index in [-0.39, 0.29) is 0 Å². The van der Waals surface area contributed by atoms with Gasteiger partial charge in [0.15, 0.2) is 5.82 Å². The summed E-state index contributed by atoms with van der Waals surface area (Å²) in [4.78, 5) is 6.98. The highest BCUT2D eigenvalue weighted by molar-refractivity contribution is 6.31. The van der Waals surface area contributed by atoms with E-state index in [2.05, 4.69) is 41.0 Å². The molecule has 3 rings (SSSR count). The largest absolute Gasteiger partial charge is 0.339 e. The summed E-state index contributed by atoms with van der Waals surface area (Å²) in [5, 5.41) is 5.00. The van der Waals surface area contributed by atoms with Gasteiger partial charge in [-0.15, -0.1) is 0 Å². The van der Waals surface area contributed by atoms with Crippen molar-refractivity contribution in [2.24, 2.45) is 5.92 Å². The van der Waals surface area contributed by atoms with Crippen molar-refractivity contribution in [2.75, 3.05) is 6.54 Å². The number of rotatable bonds is 6. The SMILES string of the molecule is CC(C)Cc1nc(CN2CCC[C@H]2Cc2ccccc2Cl)no1. The van der Waals surface area contributed by atoms with E-state index in [0.29, 0.717) is 12.0 Å². The molecule has 0 amide bonds. The highest BCUT2D eigenvalue weighted by atomic mass is 35.5. The van der Waals surface area contributed by atoms with Crippen molar-refractivity contribution in [1.82, 2.24) is 15.0 Å². The lowest BCUT2D eigenvalue weighted by molar-refractivity contribution is 0.234. The Kier molecular flexibility index (Phi) is 5.34. The Balaban J connectivity index is 1.63. The van der Waals surface area contributed by atoms with Gasteiger partial charge in [0.05, 0.1) is 6.54 Å². The van der Waals surface area contributed by atoms with Crippen molar-refractivity contribution >= 4 is 11.6 Å². The molecule has 1 aromatic heterocycles. The summed E-state index contributed by atoms with van der Waals surface area (Å²) in [6.45, 7) is 6.16. The van der Waals surface area contributed by atoms with Gasteiger partial charge in [0.1, 0.15) is 0 Å². The topological polar surface area (TPSA) is 42.2 Å². The van der Waals surface area contributed by atoms with Crippen molar-refractivity contribution in [3.05, 3.63) is 46.6 Å². The Morgan fingerprint density at radius 2 is 2.17 bits per heavy atom. The molecule has 4 nitrogen and oxygen atoms in total. The summed E-state index contributed by atoms with van der Waals surface area (Å²) in [5.74, 6) is 2.08. The van der Waals surface area contributed by atoms with Crippen LogP contribution >= 0.6 is 11.6 Å². The van der Waals surface area contributed by atoms with Gasteiger partial charge in [0, 0.05) is 17.5 Å². The Morgan fingerprint density at radius 1 is 1.35 bits per heavy atom. The summed E-state index contributed by atoms with van der Waals surface area (Å²) in [6, 6.07) is 8.62. The molecule has 1 aliphatic rings. The van der Waals surface area contributed by atoms with E-state index in [0.717, 1.165) is 42.7 Å². The molecule has 1 atom stereocenters. The second kappa shape index (κ2) is 7.45. The van der Waals surface area contributed by atoms with Crippen LogP contribution in [0.1, 0.15) is 44.0 Å². The van der Waals surface area contributed by atoms with Gasteiger partial charge in [0.25, 0.3) is 0 Å². The second-order valence-electron chi connectivity index (χ2n) is 6.76. The standard InChI is InChI=1S/C18H24ClN3O/c1-13(2)10-18-20-17(21-23-18)12-22-9-5-7-15(22)11-14-6-3-4-8-16(14)19/h3-4,6,8,13,15H,5,7,9-12H2,1-2H3/t15-/m0/s1. The minimum absolute atomic E-state index is 0.502. The molecule has 2 heterocycles. The quantitative estimate of drug-likeness (QED) is 0.797. The van der Waals surface area contributed by atoms with Crippen molar-refractivity contribution in [2.45, 2.75) is 52.1 Å². The number of nitrogens with zero attached hydrogens (tertiary/aromatic N) is 3. The van der Waals surface area contributed by atoms with Gasteiger partial charge < -0.3 is 4.52 Å². The van der Waals surface area contributed by atoms with Gasteiger partial charge in [-0.2, -0.15) is 4.98 Å². The fraction of sp³-hybridized carbons (Fsp3) is 0.556. The minimum atomic E-state index is 0.502. The normalized spacial score (nSPS) is 18.9. The third kappa shape index (κ3) is 4.33. The van der Waals surface area contributed by atoms with E-state index in [9.17, 15) is 0 Å². The molecule has 0 unspecified atom stereocenters. The highest BCUT2D eigenvalue weighted by Crippen LogP contribution is 2.25. The fourth-order valence-corrected chi connectivity index (χ4v) is 3.43. The molecule has 124 valence electrons. The fourth-order valence-electron chi connectivity index (χ4n) is 3.22. The van der Waals surface area contributed by atoms with Crippen LogP contribution in [0.25, 0.3) is 0 Å². The number of aromatic nitrogens is 2. The molecule has 1 aliphatic heterocycles. The minimum Gasteiger partial charge on any atom is -0.339 e. The van der Waals surface area contributed by atoms with Gasteiger partial charge in [-0.1, -0.05) is 48.8 Å². The molecular weight excluding hydrogens is 310 g/mol. The van der Waals surface area contributed by atoms with Crippen molar-refractivity contribution in [1.29, 1.82) is 0 Å². The Labute approximate surface area is 142 Å². The number of likely N-dealkylation sites (tertiary alicyclic amines) is 1. The van der Waals surface area contributed by atoms with Gasteiger partial charge >= 0.3 is 0 Å². The van der Waals surface area contributed by atoms with Crippen molar-refractivity contribution < 1.29 is 4.52 Å². The maximum atomic E-state index is 6.30. The van der Waals surface area contributed by atoms with Crippen molar-refractivity contribution in [3.8, 4) is 0 Å². The predicted octanol–water partition coefficient (Wildman–Crippen LogP) is 4.13. The van der Waals surface area contributed by atoms with E-state index >= 15 is 0 Å². The Morgan fingerprint density at radius 3 is 2.96 bits per heavy atom. The monoisotopic (exact) mass is 333 g/mol. The molecule has 1 fully saturated rings. The van der Waals surface area contributed by atoms with Crippen LogP contribution in [0.2, 0.25) is 5.02 Å². The zero-order chi connectivity index (χ0) is 16.2. The number of hydrogen-bond donors (Lipinski definition) is 0. The van der Waals surface area contributed by atoms with Gasteiger partial charge in [-0.05, 0) is 43.4 Å². The maximum Gasteiger partial charge on any atom is 0.226 e. The average molecular weight is 334 g/mol. The maximum absolute atomic E-state index is 6.30. The third-order valence-electron chi connectivity index (χ3n) is 4.35. The molecular formula is C18H24ClN3O. The Hall–Kier alpha value is -1.39. The van der Waals surface area contributed by atoms with Gasteiger partial charge in [0.2, 0.25) is 5.89 Å². The first-order valence-corrected chi connectivity index (χ1v) is 8.78. The van der Waals surface area contributed by atoms with Gasteiger partial charge in [-0.3, -0.25) is 4.90 Å². The van der Waals surface area contributed by atoms with Gasteiger partial charge in [-0.25, -0.2) is 0 Å². The van der Waals surface area contributed by atoms with E-state index in [4.69, 9.17) is 16.1 Å². The predicted molar refractivity (Wildman–Crippen MR) is 91.4 cm³/mol. The van der Waals surface area contributed by atoms with Crippen LogP contribution in [-0.2, 0) is 19.4 Å². The zero-order valence-electron chi connectivity index (χ0n) is 13.8. The highest BCUT2D eigenvalue weighted by Gasteiger charge is 2.26. The first kappa shape index (κ1) is 16.5. The smallest absolute Gasteiger partial charge is 0.226 e. The molecule has 5 heteroatoms. The van der Waals surface area contributed by atoms with Crippen LogP contribution in [0.3, 0.4) is 0 Å². The first-order chi connectivity index (χ1) is 11.1. The molecule has 0 saturated carbocycles. The molecule has 1 aromatic carbocycles. The summed E-state index contributed by atoms with van der Waals surface area (Å²) < 4.78 is 5.35. The summed E-state index contributed by atoms with van der Waals surface area (Å²) in [5.41, 5.74) is 1.22. The second-order valence-corrected chi connectivity index (χ2v) is 7.17. The zero-order valence-corrected chi connectivity index (χ0v) is 14.6. The lowest BCUT2D eigenvalue weighted by Gasteiger charge is -2.23. The molecule has 0 aliphatic carbocycles. The first-order valence-electron chi connectivity index (χ1n) is 8.40. The van der Waals surface area contributed by atoms with Crippen LogP contribution in [0.4, 0.5) is 0 Å². The summed E-state index contributed by atoms with van der Waals surface area (Å²) >= 11 is 6.30. The summed E-state index contributed by atoms with van der Waals surface area (Å²) in [7, 11) is 0. The van der Waals surface area contributed by atoms with E-state index in [1.165, 1.54) is 18.4 Å². The van der Waals surface area contributed by atoms with E-state index in [1.54, 1.807) is 0 Å². The van der Waals surface area contributed by atoms with E-state index in [1.807, 2.05) is 12.1 Å². The van der Waals surface area contributed by atoms with Crippen LogP contribution in [0.15, 0.2) is 28.8 Å². The molecule has 23 heavy (non-hydrogen) atoms. The molecule has 0 N–H and O–H groups in total. The van der Waals surface area contributed by atoms with E-state index < -0.39 is 0 Å². The molecule has 1 saturated heterocycles. The molecule has 0 bridgehead atoms. The summed E-state index contributed by atoms with van der Waals surface area (Å²) in [6.07, 6.45) is 4.24. The lowest BCUT2D eigenvalue weighted by atomic mass is 10.0. The number of benzene rings is 1. The van der Waals surface area contributed by atoms with Crippen LogP contribution < -0.4 is 0 Å². The number of hydrogen-bond acceptors (Lipinski definition) is 4. The third-order valence-corrected chi connectivity index (χ3v) is 4.72. The van der Waals surface area contributed by atoms with Crippen LogP contribution in [0, 0.1) is 5.92 Å². The Bertz CT molecular complexity index is 641.